The van der Waals surface area contributed by atoms with Crippen LogP contribution in [0, 0.1) is 25.7 Å². The van der Waals surface area contributed by atoms with Crippen molar-refractivity contribution in [1.82, 2.24) is 9.15 Å². The first-order chi connectivity index (χ1) is 44.9. The van der Waals surface area contributed by atoms with Gasteiger partial charge in [-0.05, 0) is 128 Å². The van der Waals surface area contributed by atoms with Crippen LogP contribution in [0.4, 0.5) is 11.4 Å². The third kappa shape index (κ3) is 23.6. The van der Waals surface area contributed by atoms with E-state index in [1.165, 1.54) is 38.5 Å². The summed E-state index contributed by atoms with van der Waals surface area (Å²) >= 11 is 0. The number of nitrogens with zero attached hydrogens (tertiary/aromatic N) is 4. The van der Waals surface area contributed by atoms with Crippen molar-refractivity contribution in [1.29, 1.82) is 0 Å². The van der Waals surface area contributed by atoms with E-state index in [4.69, 9.17) is 40.7 Å². The fourth-order valence-electron chi connectivity index (χ4n) is 11.6. The van der Waals surface area contributed by atoms with Crippen molar-refractivity contribution in [3.8, 4) is 44.9 Å². The first kappa shape index (κ1) is 88.0. The molecule has 2 heterocycles. The quantitative estimate of drug-likeness (QED) is 0.0172. The molecular weight excluding hydrogens is 1610 g/mol. The van der Waals surface area contributed by atoms with Crippen LogP contribution in [0.2, 0.25) is 0 Å². The topological polar surface area (TPSA) is 339 Å². The minimum Gasteiger partial charge on any atom is -0.677 e. The summed E-state index contributed by atoms with van der Waals surface area (Å²) in [5.41, 5.74) is 24.1. The number of benzene rings is 6. The molecule has 4 aromatic rings. The number of aliphatic hydroxyl groups is 2. The zero-order valence-electron chi connectivity index (χ0n) is 57.6. The van der Waals surface area contributed by atoms with Crippen LogP contribution < -0.4 is 29.7 Å². The molecule has 6 aliphatic rings. The van der Waals surface area contributed by atoms with Crippen LogP contribution in [-0.4, -0.2) is 130 Å². The molecule has 0 spiro atoms. The van der Waals surface area contributed by atoms with Crippen molar-refractivity contribution in [2.24, 2.45) is 11.8 Å². The Hall–Kier alpha value is -7.96. The molecule has 22 heteroatoms. The van der Waals surface area contributed by atoms with Crippen LogP contribution in [0.15, 0.2) is 155 Å². The Morgan fingerprint density at radius 3 is 1.03 bits per heavy atom. The second-order valence-corrected chi connectivity index (χ2v) is 22.9. The molecule has 536 valence electrons. The molecular formula is C76H100N6O14Pt2+2. The maximum absolute atomic E-state index is 12.1. The van der Waals surface area contributed by atoms with Gasteiger partial charge in [-0.2, -0.15) is 23.9 Å². The molecule has 2 aliphatic heterocycles. The van der Waals surface area contributed by atoms with Gasteiger partial charge in [0.1, 0.15) is 48.9 Å². The summed E-state index contributed by atoms with van der Waals surface area (Å²) in [6.45, 7) is 37.5. The summed E-state index contributed by atoms with van der Waals surface area (Å²) in [6.07, 6.45) is 9.60. The number of carboxylic acid groups (broad SMARTS) is 4. The molecule has 4 aromatic carbocycles. The van der Waals surface area contributed by atoms with E-state index in [1.807, 2.05) is 24.3 Å². The largest absolute Gasteiger partial charge is 2.00 e. The van der Waals surface area contributed by atoms with Gasteiger partial charge in [-0.25, -0.2) is 28.3 Å². The van der Waals surface area contributed by atoms with Gasteiger partial charge in [0, 0.05) is 94.8 Å². The standard InChI is InChI=1S/2C28H30N2O3.2C7H13N.2C3H4O3.2H2O.2Pt/c2*1-5-29(6-2)19-13-15-23-25(17-19)33-26-18-20(30(7-3)8-4)14-16-24(26)27(23)21-11-9-10-12-22(21)28(31)32;2*1-6-4-2-3-5-7(6)8;2*1-2(4)3(5)6;;;;/h2*9-18H,5-8H2,1-4H3;2*6-8H,1-5H2;2*4H,1H2,(H,5,6);2*1H2;;/q;;2*-2;;;;;2*+2/p+2/t;;6-,7-;;;;;;;/m..1......./s1. The molecule has 0 radical (unpaired) electrons. The second kappa shape index (κ2) is 43.4. The Kier molecular flexibility index (Phi) is 39.0. The monoisotopic (exact) mass is 1710 g/mol. The van der Waals surface area contributed by atoms with Crippen LogP contribution in [0.25, 0.3) is 78.3 Å². The molecule has 0 saturated heterocycles. The van der Waals surface area contributed by atoms with Crippen molar-refractivity contribution >= 4 is 57.2 Å². The van der Waals surface area contributed by atoms with E-state index in [-0.39, 0.29) is 76.3 Å². The third-order valence-corrected chi connectivity index (χ3v) is 17.1. The number of aliphatic carboxylic acids is 2. The zero-order chi connectivity index (χ0) is 69.3. The van der Waals surface area contributed by atoms with Crippen molar-refractivity contribution in [3.05, 3.63) is 193 Å². The van der Waals surface area contributed by atoms with E-state index in [0.717, 1.165) is 143 Å². The molecule has 0 amide bonds. The number of aliphatic hydroxyl groups excluding tert-OH is 2. The number of fused-ring (bicyclic) bond motifs is 4. The Balaban J connectivity index is 0.000000683. The van der Waals surface area contributed by atoms with Gasteiger partial charge >= 0.3 is 66.0 Å². The molecule has 4 atom stereocenters. The first-order valence-electron chi connectivity index (χ1n) is 32.6. The minimum absolute atomic E-state index is 0. The van der Waals surface area contributed by atoms with Crippen molar-refractivity contribution < 1.29 is 112 Å². The summed E-state index contributed by atoms with van der Waals surface area (Å²) in [5, 5.41) is 54.7. The van der Waals surface area contributed by atoms with Gasteiger partial charge in [0.2, 0.25) is 10.7 Å². The van der Waals surface area contributed by atoms with E-state index >= 15 is 0 Å². The van der Waals surface area contributed by atoms with Crippen LogP contribution >= 0.6 is 0 Å². The maximum Gasteiger partial charge on any atom is 2.00 e. The van der Waals surface area contributed by atoms with Crippen LogP contribution in [-0.2, 0) is 51.7 Å². The predicted octanol–water partition coefficient (Wildman–Crippen LogP) is 14.6. The van der Waals surface area contributed by atoms with E-state index < -0.39 is 35.4 Å². The zero-order valence-corrected chi connectivity index (χ0v) is 62.1. The molecule has 10 rings (SSSR count). The van der Waals surface area contributed by atoms with Crippen molar-refractivity contribution in [3.63, 3.8) is 0 Å². The van der Waals surface area contributed by atoms with E-state index in [9.17, 15) is 29.4 Å². The van der Waals surface area contributed by atoms with Gasteiger partial charge < -0.3 is 85.5 Å². The Bertz CT molecular complexity index is 3660. The second-order valence-electron chi connectivity index (χ2n) is 22.9. The van der Waals surface area contributed by atoms with Gasteiger partial charge in [-0.1, -0.05) is 87.8 Å². The molecule has 12 N–H and O–H groups in total. The van der Waals surface area contributed by atoms with E-state index in [1.54, 1.807) is 24.3 Å². The summed E-state index contributed by atoms with van der Waals surface area (Å²) in [4.78, 5) is 47.4. The van der Waals surface area contributed by atoms with Crippen LogP contribution in [0.3, 0.4) is 0 Å². The number of nitrogens with one attached hydrogen (secondary N) is 2. The van der Waals surface area contributed by atoms with Gasteiger partial charge in [0.25, 0.3) is 0 Å². The molecule has 0 aromatic heterocycles. The van der Waals surface area contributed by atoms with Crippen LogP contribution in [0.5, 0.6) is 0 Å². The molecule has 2 saturated carbocycles. The number of aromatic carboxylic acids is 2. The van der Waals surface area contributed by atoms with Crippen LogP contribution in [0.1, 0.15) is 127 Å². The summed E-state index contributed by atoms with van der Waals surface area (Å²) in [5.74, 6) is -3.94. The summed E-state index contributed by atoms with van der Waals surface area (Å²) < 4.78 is 17.5. The number of hydrogen-bond donors (Lipinski definition) is 6. The average Bonchev–Trinajstić information content (AvgIpc) is 0.754. The van der Waals surface area contributed by atoms with E-state index in [0.29, 0.717) is 23.0 Å². The molecule has 0 bridgehead atoms. The molecule has 20 nitrogen and oxygen atoms in total. The average molecular weight is 1710 g/mol. The molecule has 98 heavy (non-hydrogen) atoms. The fraction of sp³-hybridized carbons (Fsp3) is 0.368. The predicted molar refractivity (Wildman–Crippen MR) is 387 cm³/mol. The van der Waals surface area contributed by atoms with Gasteiger partial charge in [0.05, 0.1) is 23.3 Å². The maximum atomic E-state index is 12.1. The number of carbonyl (C=O) groups is 4. The molecule has 2 fully saturated rings. The van der Waals surface area contributed by atoms with Gasteiger partial charge in [-0.15, -0.1) is 0 Å². The van der Waals surface area contributed by atoms with Crippen molar-refractivity contribution in [2.45, 2.75) is 119 Å². The fourth-order valence-corrected chi connectivity index (χ4v) is 11.6. The number of hydrogen-bond acceptors (Lipinski definition) is 10. The number of anilines is 2. The molecule has 2 unspecified atom stereocenters. The third-order valence-electron chi connectivity index (χ3n) is 17.1. The smallest absolute Gasteiger partial charge is 0.677 e. The number of carboxylic acids is 4. The summed E-state index contributed by atoms with van der Waals surface area (Å²) in [6, 6.07) is 39.5. The molecule has 4 aliphatic carbocycles. The SMILES string of the molecule is C=C(O)C(=O)O.C=C(O)C(=O)O.CCN(CC)c1ccc2c(-c3ccccc3C(=O)O)c3ccc(=[N+](CC)CC)cc-3oc2c1.CCN(CC)c1ccc2c(-c3ccccc3C(=O)O)c3ccc(=[N+](CC)CC)cc-3oc2c1.O.O.[CH2-]C1CCCCC1[NH-].[CH2-][C@@H]1CCCC[C@H]1[NH-].[Pt+2].[Pt+2]. The van der Waals surface area contributed by atoms with E-state index in [2.05, 4.69) is 174 Å². The minimum atomic E-state index is -1.38. The van der Waals surface area contributed by atoms with Gasteiger partial charge in [0.15, 0.2) is 11.5 Å². The Morgan fingerprint density at radius 2 is 0.776 bits per heavy atom. The van der Waals surface area contributed by atoms with Gasteiger partial charge in [-0.3, -0.25) is 0 Å². The Labute approximate surface area is 605 Å². The summed E-state index contributed by atoms with van der Waals surface area (Å²) in [7, 11) is 0. The normalized spacial score (nSPS) is 14.9. The number of rotatable bonds is 16. The van der Waals surface area contributed by atoms with Crippen molar-refractivity contribution in [2.75, 3.05) is 62.2 Å². The first-order valence-corrected chi connectivity index (χ1v) is 32.6. The Morgan fingerprint density at radius 1 is 0.469 bits per heavy atom.